The van der Waals surface area contributed by atoms with E-state index < -0.39 is 0 Å². The summed E-state index contributed by atoms with van der Waals surface area (Å²) < 4.78 is 2.31. The SMILES string of the molecule is CC(Cc1cccs1)n1ccc2c1CC(C)(C)CC2=O. The van der Waals surface area contributed by atoms with Crippen molar-refractivity contribution in [2.45, 2.75) is 46.1 Å². The Balaban J connectivity index is 1.90. The van der Waals surface area contributed by atoms with Gasteiger partial charge in [-0.2, -0.15) is 0 Å². The summed E-state index contributed by atoms with van der Waals surface area (Å²) in [5.41, 5.74) is 2.26. The van der Waals surface area contributed by atoms with Gasteiger partial charge in [-0.15, -0.1) is 11.3 Å². The molecule has 0 amide bonds. The van der Waals surface area contributed by atoms with E-state index in [0.717, 1.165) is 18.4 Å². The van der Waals surface area contributed by atoms with Crippen LogP contribution in [0.3, 0.4) is 0 Å². The van der Waals surface area contributed by atoms with Gasteiger partial charge in [0.25, 0.3) is 0 Å². The molecule has 0 bridgehead atoms. The van der Waals surface area contributed by atoms with Crippen molar-refractivity contribution in [1.82, 2.24) is 4.57 Å². The Kier molecular flexibility index (Phi) is 3.33. The van der Waals surface area contributed by atoms with Crippen LogP contribution in [0, 0.1) is 5.41 Å². The van der Waals surface area contributed by atoms with E-state index in [1.807, 2.05) is 6.07 Å². The molecular weight excluding hydrogens is 266 g/mol. The summed E-state index contributed by atoms with van der Waals surface area (Å²) >= 11 is 1.81. The lowest BCUT2D eigenvalue weighted by Gasteiger charge is -2.31. The number of carbonyl (C=O) groups excluding carboxylic acids is 1. The van der Waals surface area contributed by atoms with E-state index in [9.17, 15) is 4.79 Å². The van der Waals surface area contributed by atoms with E-state index in [4.69, 9.17) is 0 Å². The van der Waals surface area contributed by atoms with Gasteiger partial charge in [-0.3, -0.25) is 4.79 Å². The molecule has 0 saturated heterocycles. The lowest BCUT2D eigenvalue weighted by Crippen LogP contribution is -2.28. The summed E-state index contributed by atoms with van der Waals surface area (Å²) in [6, 6.07) is 6.70. The topological polar surface area (TPSA) is 22.0 Å². The standard InChI is InChI=1S/C17H21NOS/c1-12(9-13-5-4-8-20-13)18-7-6-14-15(18)10-17(2,3)11-16(14)19/h4-8,12H,9-11H2,1-3H3. The molecule has 0 fully saturated rings. The lowest BCUT2D eigenvalue weighted by molar-refractivity contribution is 0.0909. The van der Waals surface area contributed by atoms with Gasteiger partial charge in [0.2, 0.25) is 0 Å². The van der Waals surface area contributed by atoms with Crippen LogP contribution in [0.2, 0.25) is 0 Å². The number of thiophene rings is 1. The van der Waals surface area contributed by atoms with Gasteiger partial charge in [0.05, 0.1) is 0 Å². The second-order valence-electron chi connectivity index (χ2n) is 6.66. The second-order valence-corrected chi connectivity index (χ2v) is 7.69. The van der Waals surface area contributed by atoms with Crippen molar-refractivity contribution in [2.24, 2.45) is 5.41 Å². The molecule has 0 radical (unpaired) electrons. The van der Waals surface area contributed by atoms with Gasteiger partial charge in [0.1, 0.15) is 0 Å². The molecule has 0 spiro atoms. The smallest absolute Gasteiger partial charge is 0.165 e. The third-order valence-corrected chi connectivity index (χ3v) is 5.06. The Labute approximate surface area is 124 Å². The molecule has 20 heavy (non-hydrogen) atoms. The Morgan fingerprint density at radius 3 is 2.85 bits per heavy atom. The first-order valence-corrected chi connectivity index (χ1v) is 8.09. The highest BCUT2D eigenvalue weighted by atomic mass is 32.1. The molecule has 0 aliphatic heterocycles. The van der Waals surface area contributed by atoms with Crippen LogP contribution in [0.4, 0.5) is 0 Å². The molecule has 0 saturated carbocycles. The predicted octanol–water partition coefficient (Wildman–Crippen LogP) is 4.51. The van der Waals surface area contributed by atoms with Crippen LogP contribution < -0.4 is 0 Å². The molecule has 2 heterocycles. The molecule has 1 aliphatic rings. The molecule has 1 unspecified atom stereocenters. The van der Waals surface area contributed by atoms with E-state index in [0.29, 0.717) is 18.2 Å². The molecule has 0 aromatic carbocycles. The van der Waals surface area contributed by atoms with Gasteiger partial charge in [-0.05, 0) is 36.3 Å². The van der Waals surface area contributed by atoms with Crippen LogP contribution in [0.1, 0.15) is 54.2 Å². The maximum absolute atomic E-state index is 12.2. The summed E-state index contributed by atoms with van der Waals surface area (Å²) in [7, 11) is 0. The minimum Gasteiger partial charge on any atom is -0.348 e. The Hall–Kier alpha value is -1.35. The first-order valence-electron chi connectivity index (χ1n) is 7.21. The number of hydrogen-bond acceptors (Lipinski definition) is 2. The summed E-state index contributed by atoms with van der Waals surface area (Å²) in [6.45, 7) is 6.62. The van der Waals surface area contributed by atoms with E-state index in [-0.39, 0.29) is 5.41 Å². The zero-order valence-electron chi connectivity index (χ0n) is 12.3. The number of hydrogen-bond donors (Lipinski definition) is 0. The van der Waals surface area contributed by atoms with Crippen LogP contribution in [-0.4, -0.2) is 10.4 Å². The maximum atomic E-state index is 12.2. The van der Waals surface area contributed by atoms with Crippen LogP contribution in [0.15, 0.2) is 29.8 Å². The van der Waals surface area contributed by atoms with Crippen molar-refractivity contribution in [3.05, 3.63) is 45.9 Å². The molecule has 1 atom stereocenters. The largest absolute Gasteiger partial charge is 0.348 e. The van der Waals surface area contributed by atoms with Crippen molar-refractivity contribution < 1.29 is 4.79 Å². The molecule has 0 N–H and O–H groups in total. The summed E-state index contributed by atoms with van der Waals surface area (Å²) in [6.07, 6.45) is 4.80. The fourth-order valence-corrected chi connectivity index (χ4v) is 4.02. The van der Waals surface area contributed by atoms with Crippen molar-refractivity contribution >= 4 is 17.1 Å². The molecule has 2 aromatic rings. The number of carbonyl (C=O) groups is 1. The van der Waals surface area contributed by atoms with Crippen LogP contribution in [-0.2, 0) is 12.8 Å². The van der Waals surface area contributed by atoms with E-state index in [1.165, 1.54) is 10.6 Å². The van der Waals surface area contributed by atoms with Gasteiger partial charge in [-0.25, -0.2) is 0 Å². The molecule has 2 aromatic heterocycles. The number of Topliss-reactive ketones (excluding diaryl/α,β-unsaturated/α-hetero) is 1. The van der Waals surface area contributed by atoms with E-state index in [1.54, 1.807) is 11.3 Å². The van der Waals surface area contributed by atoms with E-state index >= 15 is 0 Å². The molecule has 2 nitrogen and oxygen atoms in total. The number of nitrogens with zero attached hydrogens (tertiary/aromatic N) is 1. The zero-order valence-corrected chi connectivity index (χ0v) is 13.2. The fourth-order valence-electron chi connectivity index (χ4n) is 3.20. The van der Waals surface area contributed by atoms with E-state index in [2.05, 4.69) is 49.0 Å². The average Bonchev–Trinajstić information content (AvgIpc) is 2.96. The highest BCUT2D eigenvalue weighted by Crippen LogP contribution is 2.36. The normalized spacial score (nSPS) is 18.9. The summed E-state index contributed by atoms with van der Waals surface area (Å²) in [5, 5.41) is 2.12. The van der Waals surface area contributed by atoms with Crippen molar-refractivity contribution in [1.29, 1.82) is 0 Å². The Morgan fingerprint density at radius 2 is 2.15 bits per heavy atom. The number of aromatic nitrogens is 1. The third-order valence-electron chi connectivity index (χ3n) is 4.16. The molecule has 1 aliphatic carbocycles. The van der Waals surface area contributed by atoms with Crippen molar-refractivity contribution in [3.63, 3.8) is 0 Å². The molecule has 3 rings (SSSR count). The maximum Gasteiger partial charge on any atom is 0.165 e. The molecule has 106 valence electrons. The van der Waals surface area contributed by atoms with Gasteiger partial charge in [-0.1, -0.05) is 19.9 Å². The monoisotopic (exact) mass is 287 g/mol. The fraction of sp³-hybridized carbons (Fsp3) is 0.471. The minimum absolute atomic E-state index is 0.0861. The highest BCUT2D eigenvalue weighted by Gasteiger charge is 2.33. The Bertz CT molecular complexity index is 621. The minimum atomic E-state index is 0.0861. The van der Waals surface area contributed by atoms with Crippen LogP contribution in [0.5, 0.6) is 0 Å². The van der Waals surface area contributed by atoms with Crippen molar-refractivity contribution in [2.75, 3.05) is 0 Å². The van der Waals surface area contributed by atoms with Gasteiger partial charge in [0, 0.05) is 41.2 Å². The van der Waals surface area contributed by atoms with Gasteiger partial charge in [0.15, 0.2) is 5.78 Å². The third kappa shape index (κ3) is 2.47. The predicted molar refractivity (Wildman–Crippen MR) is 83.6 cm³/mol. The Morgan fingerprint density at radius 1 is 1.35 bits per heavy atom. The number of fused-ring (bicyclic) bond motifs is 1. The van der Waals surface area contributed by atoms with Gasteiger partial charge < -0.3 is 4.57 Å². The quantitative estimate of drug-likeness (QED) is 0.814. The summed E-state index contributed by atoms with van der Waals surface area (Å²) in [5.74, 6) is 0.304. The first kappa shape index (κ1) is 13.6. The first-order chi connectivity index (χ1) is 9.46. The number of rotatable bonds is 3. The average molecular weight is 287 g/mol. The van der Waals surface area contributed by atoms with Crippen LogP contribution >= 0.6 is 11.3 Å². The highest BCUT2D eigenvalue weighted by molar-refractivity contribution is 7.09. The molecular formula is C17H21NOS. The van der Waals surface area contributed by atoms with Crippen molar-refractivity contribution in [3.8, 4) is 0 Å². The number of ketones is 1. The van der Waals surface area contributed by atoms with Crippen LogP contribution in [0.25, 0.3) is 0 Å². The van der Waals surface area contributed by atoms with Gasteiger partial charge >= 0.3 is 0 Å². The second kappa shape index (κ2) is 4.88. The molecule has 3 heteroatoms. The zero-order chi connectivity index (χ0) is 14.3. The lowest BCUT2D eigenvalue weighted by atomic mass is 9.76. The summed E-state index contributed by atoms with van der Waals surface area (Å²) in [4.78, 5) is 13.6.